The van der Waals surface area contributed by atoms with Gasteiger partial charge in [-0.05, 0) is 0 Å². The largest absolute Gasteiger partial charge is 0.490 e. The molecule has 0 aromatic carbocycles. The summed E-state index contributed by atoms with van der Waals surface area (Å²) in [7, 11) is 1.63. The quantitative estimate of drug-likeness (QED) is 0.0698. The molecule has 0 spiro atoms. The Morgan fingerprint density at radius 3 is 0.727 bits per heavy atom. The van der Waals surface area contributed by atoms with Crippen LogP contribution in [0.3, 0.4) is 0 Å². The van der Waals surface area contributed by atoms with Crippen LogP contribution in [0.4, 0.5) is 13.2 Å². The summed E-state index contributed by atoms with van der Waals surface area (Å²) in [5, 5.41) is 0. The molecule has 44 heavy (non-hydrogen) atoms. The first-order valence-corrected chi connectivity index (χ1v) is 14.6. The fourth-order valence-corrected chi connectivity index (χ4v) is 2.72. The van der Waals surface area contributed by atoms with Crippen LogP contribution in [0, 0.1) is 0 Å². The number of rotatable bonds is 36. The Bertz CT molecular complexity index is 591. The zero-order chi connectivity index (χ0) is 32.2. The van der Waals surface area contributed by atoms with Gasteiger partial charge in [-0.1, -0.05) is 0 Å². The first-order valence-electron chi connectivity index (χ1n) is 14.6. The second kappa shape index (κ2) is 34.6. The standard InChI is InChI=1S/C27H51F3O14/c1-32-2-3-33-4-5-34-6-7-35-8-9-36-10-11-37-12-13-38-14-15-39-16-17-40-18-19-41-20-21-42-22-23-43-24-25-44-26(31)27(28,29)30/h2-25H2,1H3. The molecule has 0 unspecified atom stereocenters. The molecule has 17 heteroatoms. The monoisotopic (exact) mass is 656 g/mol. The van der Waals surface area contributed by atoms with Gasteiger partial charge in [0.15, 0.2) is 0 Å². The van der Waals surface area contributed by atoms with E-state index in [1.807, 2.05) is 0 Å². The van der Waals surface area contributed by atoms with E-state index in [4.69, 9.17) is 56.8 Å². The van der Waals surface area contributed by atoms with Gasteiger partial charge < -0.3 is 61.6 Å². The van der Waals surface area contributed by atoms with Crippen molar-refractivity contribution < 1.29 is 79.5 Å². The number of alkyl halides is 3. The van der Waals surface area contributed by atoms with Gasteiger partial charge in [0.05, 0.1) is 152 Å². The molecule has 0 atom stereocenters. The first kappa shape index (κ1) is 42.8. The Labute approximate surface area is 257 Å². The summed E-state index contributed by atoms with van der Waals surface area (Å²) in [5.41, 5.74) is 0. The predicted molar refractivity (Wildman–Crippen MR) is 148 cm³/mol. The molecule has 0 rings (SSSR count). The second-order valence-electron chi connectivity index (χ2n) is 8.36. The van der Waals surface area contributed by atoms with E-state index >= 15 is 0 Å². The Kier molecular flexibility index (Phi) is 33.7. The van der Waals surface area contributed by atoms with E-state index in [0.29, 0.717) is 132 Å². The highest BCUT2D eigenvalue weighted by molar-refractivity contribution is 5.75. The maximum atomic E-state index is 11.9. The molecule has 0 aliphatic heterocycles. The molecule has 0 aromatic heterocycles. The highest BCUT2D eigenvalue weighted by Gasteiger charge is 2.40. The van der Waals surface area contributed by atoms with Crippen LogP contribution in [-0.4, -0.2) is 178 Å². The van der Waals surface area contributed by atoms with E-state index in [1.165, 1.54) is 0 Å². The average molecular weight is 657 g/mol. The lowest BCUT2D eigenvalue weighted by Gasteiger charge is -2.09. The molecule has 0 aromatic rings. The first-order chi connectivity index (χ1) is 21.5. The van der Waals surface area contributed by atoms with Crippen molar-refractivity contribution in [3.63, 3.8) is 0 Å². The topological polar surface area (TPSA) is 137 Å². The summed E-state index contributed by atoms with van der Waals surface area (Å²) in [6.45, 7) is 9.20. The summed E-state index contributed by atoms with van der Waals surface area (Å²) in [6, 6.07) is 0. The number of carbonyl (C=O) groups excluding carboxylic acids is 1. The van der Waals surface area contributed by atoms with Crippen molar-refractivity contribution in [2.75, 3.05) is 166 Å². The van der Waals surface area contributed by atoms with Gasteiger partial charge in [-0.15, -0.1) is 0 Å². The van der Waals surface area contributed by atoms with E-state index in [9.17, 15) is 18.0 Å². The Balaban J connectivity index is 3.08. The van der Waals surface area contributed by atoms with Crippen LogP contribution in [0.15, 0.2) is 0 Å². The molecular weight excluding hydrogens is 605 g/mol. The number of methoxy groups -OCH3 is 1. The molecule has 0 amide bonds. The van der Waals surface area contributed by atoms with Crippen LogP contribution in [-0.2, 0) is 66.4 Å². The molecule has 0 saturated carbocycles. The lowest BCUT2D eigenvalue weighted by Crippen LogP contribution is -2.26. The van der Waals surface area contributed by atoms with E-state index in [2.05, 4.69) is 4.74 Å². The molecule has 0 aliphatic rings. The zero-order valence-corrected chi connectivity index (χ0v) is 25.8. The molecule has 0 fully saturated rings. The van der Waals surface area contributed by atoms with Crippen molar-refractivity contribution in [2.45, 2.75) is 6.18 Å². The van der Waals surface area contributed by atoms with Crippen molar-refractivity contribution in [2.24, 2.45) is 0 Å². The minimum Gasteiger partial charge on any atom is -0.457 e. The number of esters is 1. The summed E-state index contributed by atoms with van der Waals surface area (Å²) < 4.78 is 103. The Morgan fingerprint density at radius 2 is 0.545 bits per heavy atom. The molecule has 14 nitrogen and oxygen atoms in total. The van der Waals surface area contributed by atoms with Crippen LogP contribution < -0.4 is 0 Å². The summed E-state index contributed by atoms with van der Waals surface area (Å²) in [6.07, 6.45) is -5.00. The molecular formula is C27H51F3O14. The third-order valence-corrected chi connectivity index (χ3v) is 4.84. The minimum atomic E-state index is -5.00. The van der Waals surface area contributed by atoms with Crippen molar-refractivity contribution in [3.8, 4) is 0 Å². The fraction of sp³-hybridized carbons (Fsp3) is 0.963. The van der Waals surface area contributed by atoms with Crippen LogP contribution in [0.2, 0.25) is 0 Å². The maximum absolute atomic E-state index is 11.9. The molecule has 264 valence electrons. The van der Waals surface area contributed by atoms with Gasteiger partial charge in [-0.2, -0.15) is 13.2 Å². The van der Waals surface area contributed by atoms with Crippen molar-refractivity contribution in [1.29, 1.82) is 0 Å². The van der Waals surface area contributed by atoms with Crippen LogP contribution >= 0.6 is 0 Å². The van der Waals surface area contributed by atoms with E-state index in [0.717, 1.165) is 0 Å². The van der Waals surface area contributed by atoms with Gasteiger partial charge in [-0.3, -0.25) is 0 Å². The molecule has 0 bridgehead atoms. The zero-order valence-electron chi connectivity index (χ0n) is 25.8. The van der Waals surface area contributed by atoms with Gasteiger partial charge in [0, 0.05) is 7.11 Å². The maximum Gasteiger partial charge on any atom is 0.490 e. The third-order valence-electron chi connectivity index (χ3n) is 4.84. The normalized spacial score (nSPS) is 11.8. The van der Waals surface area contributed by atoms with E-state index in [1.54, 1.807) is 7.11 Å². The SMILES string of the molecule is COCCOCCOCCOCCOCCOCCOCCOCCOCCOCCOCCOCCOC(=O)C(F)(F)F. The van der Waals surface area contributed by atoms with Crippen molar-refractivity contribution >= 4 is 5.97 Å². The number of halogens is 3. The summed E-state index contributed by atoms with van der Waals surface area (Å²) in [5.74, 6) is -2.23. The number of carbonyl (C=O) groups is 1. The lowest BCUT2D eigenvalue weighted by atomic mass is 10.6. The highest BCUT2D eigenvalue weighted by atomic mass is 19.4. The minimum absolute atomic E-state index is 0.147. The highest BCUT2D eigenvalue weighted by Crippen LogP contribution is 2.16. The number of hydrogen-bond acceptors (Lipinski definition) is 14. The van der Waals surface area contributed by atoms with E-state index < -0.39 is 18.8 Å². The van der Waals surface area contributed by atoms with Crippen molar-refractivity contribution in [3.05, 3.63) is 0 Å². The van der Waals surface area contributed by atoms with Crippen LogP contribution in [0.5, 0.6) is 0 Å². The van der Waals surface area contributed by atoms with Crippen LogP contribution in [0.1, 0.15) is 0 Å². The second-order valence-corrected chi connectivity index (χ2v) is 8.36. The Morgan fingerprint density at radius 1 is 0.364 bits per heavy atom. The van der Waals surface area contributed by atoms with Gasteiger partial charge >= 0.3 is 12.1 Å². The summed E-state index contributed by atoms with van der Waals surface area (Å²) in [4.78, 5) is 10.5. The van der Waals surface area contributed by atoms with Gasteiger partial charge in [0.2, 0.25) is 0 Å². The van der Waals surface area contributed by atoms with Crippen LogP contribution in [0.25, 0.3) is 0 Å². The average Bonchev–Trinajstić information content (AvgIpc) is 3.00. The fourth-order valence-electron chi connectivity index (χ4n) is 2.72. The predicted octanol–water partition coefficient (Wildman–Crippen LogP) is 0.921. The molecule has 0 heterocycles. The lowest BCUT2D eigenvalue weighted by molar-refractivity contribution is -0.200. The Hall–Kier alpha value is -1.22. The van der Waals surface area contributed by atoms with Gasteiger partial charge in [0.25, 0.3) is 0 Å². The number of ether oxygens (including phenoxy) is 13. The van der Waals surface area contributed by atoms with E-state index in [-0.39, 0.29) is 19.8 Å². The molecule has 0 radical (unpaired) electrons. The molecule has 0 saturated heterocycles. The summed E-state index contributed by atoms with van der Waals surface area (Å²) >= 11 is 0. The molecule has 0 aliphatic carbocycles. The molecule has 0 N–H and O–H groups in total. The third kappa shape index (κ3) is 35.3. The van der Waals surface area contributed by atoms with Gasteiger partial charge in [0.1, 0.15) is 6.61 Å². The smallest absolute Gasteiger partial charge is 0.457 e. The van der Waals surface area contributed by atoms with Crippen molar-refractivity contribution in [1.82, 2.24) is 0 Å². The van der Waals surface area contributed by atoms with Gasteiger partial charge in [-0.25, -0.2) is 4.79 Å². The number of hydrogen-bond donors (Lipinski definition) is 0.